The van der Waals surface area contributed by atoms with Crippen molar-refractivity contribution in [1.29, 1.82) is 0 Å². The van der Waals surface area contributed by atoms with E-state index in [0.717, 1.165) is 19.4 Å². The number of piperidine rings is 1. The molecule has 0 spiro atoms. The topological polar surface area (TPSA) is 32.3 Å². The predicted octanol–water partition coefficient (Wildman–Crippen LogP) is 3.09. The number of amides is 1. The molecule has 1 amide bonds. The number of nitrogens with zero attached hydrogens (tertiary/aromatic N) is 1. The molecule has 2 aliphatic carbocycles. The number of hydrogen-bond donors (Lipinski definition) is 1. The fraction of sp³-hybridized carbons (Fsp3) is 0.941. The predicted molar refractivity (Wildman–Crippen MR) is 81.6 cm³/mol. The Labute approximate surface area is 123 Å². The smallest absolute Gasteiger partial charge is 0.223 e. The lowest BCUT2D eigenvalue weighted by Crippen LogP contribution is -2.58. The van der Waals surface area contributed by atoms with Crippen LogP contribution in [0.4, 0.5) is 0 Å². The monoisotopic (exact) mass is 278 g/mol. The molecule has 0 aromatic rings. The molecular weight excluding hydrogens is 248 g/mol. The Hall–Kier alpha value is -0.570. The van der Waals surface area contributed by atoms with Gasteiger partial charge < -0.3 is 5.32 Å². The second-order valence-corrected chi connectivity index (χ2v) is 7.18. The molecule has 0 aromatic carbocycles. The maximum absolute atomic E-state index is 12.2. The van der Waals surface area contributed by atoms with E-state index in [1.807, 2.05) is 0 Å². The van der Waals surface area contributed by atoms with Gasteiger partial charge in [0.15, 0.2) is 0 Å². The number of carbonyl (C=O) groups excluding carboxylic acids is 1. The van der Waals surface area contributed by atoms with Crippen LogP contribution in [0.3, 0.4) is 0 Å². The number of nitrogens with one attached hydrogen (secondary N) is 1. The average Bonchev–Trinajstić information content (AvgIpc) is 2.45. The Morgan fingerprint density at radius 2 is 1.60 bits per heavy atom. The van der Waals surface area contributed by atoms with Gasteiger partial charge in [-0.05, 0) is 51.6 Å². The minimum Gasteiger partial charge on any atom is -0.354 e. The lowest BCUT2D eigenvalue weighted by atomic mass is 9.78. The van der Waals surface area contributed by atoms with E-state index in [1.54, 1.807) is 0 Å². The van der Waals surface area contributed by atoms with Gasteiger partial charge >= 0.3 is 0 Å². The Morgan fingerprint density at radius 1 is 0.950 bits per heavy atom. The molecule has 1 N–H and O–H groups in total. The zero-order chi connectivity index (χ0) is 13.8. The van der Waals surface area contributed by atoms with Crippen LogP contribution in [0, 0.1) is 5.92 Å². The summed E-state index contributed by atoms with van der Waals surface area (Å²) < 4.78 is 0. The van der Waals surface area contributed by atoms with Crippen molar-refractivity contribution in [2.75, 3.05) is 19.6 Å². The Kier molecular flexibility index (Phi) is 4.65. The lowest BCUT2D eigenvalue weighted by molar-refractivity contribution is -0.128. The van der Waals surface area contributed by atoms with Gasteiger partial charge in [0.1, 0.15) is 0 Å². The molecule has 1 heterocycles. The van der Waals surface area contributed by atoms with E-state index in [2.05, 4.69) is 10.2 Å². The van der Waals surface area contributed by atoms with Gasteiger partial charge in [0.05, 0.1) is 0 Å². The van der Waals surface area contributed by atoms with E-state index in [1.165, 1.54) is 70.9 Å². The normalized spacial score (nSPS) is 27.8. The van der Waals surface area contributed by atoms with Gasteiger partial charge in [-0.2, -0.15) is 0 Å². The summed E-state index contributed by atoms with van der Waals surface area (Å²) in [4.78, 5) is 14.9. The quantitative estimate of drug-likeness (QED) is 0.857. The Morgan fingerprint density at radius 3 is 2.20 bits per heavy atom. The van der Waals surface area contributed by atoms with Crippen molar-refractivity contribution in [3.05, 3.63) is 0 Å². The molecule has 0 aromatic heterocycles. The van der Waals surface area contributed by atoms with Crippen molar-refractivity contribution in [2.24, 2.45) is 5.92 Å². The van der Waals surface area contributed by atoms with Crippen molar-refractivity contribution >= 4 is 5.91 Å². The summed E-state index contributed by atoms with van der Waals surface area (Å²) >= 11 is 0. The first-order chi connectivity index (χ1) is 9.80. The maximum atomic E-state index is 12.2. The molecule has 3 heteroatoms. The summed E-state index contributed by atoms with van der Waals surface area (Å²) in [5.74, 6) is 0.662. The first kappa shape index (κ1) is 14.4. The highest BCUT2D eigenvalue weighted by atomic mass is 16.1. The van der Waals surface area contributed by atoms with Crippen molar-refractivity contribution in [1.82, 2.24) is 10.2 Å². The number of carbonyl (C=O) groups is 1. The molecule has 20 heavy (non-hydrogen) atoms. The largest absolute Gasteiger partial charge is 0.354 e. The van der Waals surface area contributed by atoms with Crippen LogP contribution < -0.4 is 5.32 Å². The molecule has 2 saturated carbocycles. The molecule has 114 valence electrons. The fourth-order valence-electron chi connectivity index (χ4n) is 4.25. The highest BCUT2D eigenvalue weighted by Gasteiger charge is 2.39. The second kappa shape index (κ2) is 6.46. The molecule has 1 saturated heterocycles. The molecule has 0 radical (unpaired) electrons. The van der Waals surface area contributed by atoms with E-state index in [9.17, 15) is 4.79 Å². The number of hydrogen-bond acceptors (Lipinski definition) is 2. The number of rotatable bonds is 4. The van der Waals surface area contributed by atoms with Gasteiger partial charge in [0, 0.05) is 18.0 Å². The summed E-state index contributed by atoms with van der Waals surface area (Å²) in [6.45, 7) is 3.40. The van der Waals surface area contributed by atoms with Gasteiger partial charge in [0.25, 0.3) is 0 Å². The van der Waals surface area contributed by atoms with Crippen LogP contribution in [-0.4, -0.2) is 36.0 Å². The molecule has 1 aliphatic heterocycles. The third kappa shape index (κ3) is 3.03. The van der Waals surface area contributed by atoms with Crippen LogP contribution in [0.25, 0.3) is 0 Å². The molecule has 3 nitrogen and oxygen atoms in total. The van der Waals surface area contributed by atoms with Gasteiger partial charge in [0.2, 0.25) is 5.91 Å². The van der Waals surface area contributed by atoms with Crippen LogP contribution >= 0.6 is 0 Å². The Bertz CT molecular complexity index is 326. The van der Waals surface area contributed by atoms with E-state index >= 15 is 0 Å². The van der Waals surface area contributed by atoms with E-state index in [0.29, 0.717) is 11.8 Å². The summed E-state index contributed by atoms with van der Waals surface area (Å²) in [6, 6.07) is 0. The van der Waals surface area contributed by atoms with Crippen molar-refractivity contribution in [3.8, 4) is 0 Å². The van der Waals surface area contributed by atoms with Gasteiger partial charge in [-0.3, -0.25) is 9.69 Å². The van der Waals surface area contributed by atoms with E-state index in [4.69, 9.17) is 0 Å². The summed E-state index contributed by atoms with van der Waals surface area (Å²) in [7, 11) is 0. The third-order valence-electron chi connectivity index (χ3n) is 5.88. The van der Waals surface area contributed by atoms with Crippen molar-refractivity contribution in [2.45, 2.75) is 76.2 Å². The van der Waals surface area contributed by atoms with Crippen LogP contribution in [0.5, 0.6) is 0 Å². The maximum Gasteiger partial charge on any atom is 0.223 e. The molecular formula is C17H30N2O. The summed E-state index contributed by atoms with van der Waals surface area (Å²) in [6.07, 6.45) is 14.2. The highest BCUT2D eigenvalue weighted by molar-refractivity contribution is 5.79. The SMILES string of the molecule is O=C(NCC1(N2CCCCC2)CCCCC1)C1CCC1. The van der Waals surface area contributed by atoms with Gasteiger partial charge in [-0.15, -0.1) is 0 Å². The second-order valence-electron chi connectivity index (χ2n) is 7.18. The minimum atomic E-state index is 0.290. The minimum absolute atomic E-state index is 0.290. The van der Waals surface area contributed by atoms with Crippen LogP contribution in [0.2, 0.25) is 0 Å². The molecule has 3 rings (SSSR count). The highest BCUT2D eigenvalue weighted by Crippen LogP contribution is 2.35. The standard InChI is InChI=1S/C17H30N2O/c20-16(15-8-7-9-15)18-14-17(10-3-1-4-11-17)19-12-5-2-6-13-19/h15H,1-14H2,(H,18,20). The number of likely N-dealkylation sites (tertiary alicyclic amines) is 1. The average molecular weight is 278 g/mol. The first-order valence-electron chi connectivity index (χ1n) is 8.83. The molecule has 0 bridgehead atoms. The molecule has 3 fully saturated rings. The lowest BCUT2D eigenvalue weighted by Gasteiger charge is -2.48. The molecule has 0 atom stereocenters. The zero-order valence-corrected chi connectivity index (χ0v) is 12.8. The van der Waals surface area contributed by atoms with Crippen molar-refractivity contribution < 1.29 is 4.79 Å². The van der Waals surface area contributed by atoms with E-state index < -0.39 is 0 Å². The van der Waals surface area contributed by atoms with E-state index in [-0.39, 0.29) is 5.54 Å². The zero-order valence-electron chi connectivity index (χ0n) is 12.8. The van der Waals surface area contributed by atoms with Gasteiger partial charge in [-0.25, -0.2) is 0 Å². The Balaban J connectivity index is 1.60. The first-order valence-corrected chi connectivity index (χ1v) is 8.83. The van der Waals surface area contributed by atoms with Gasteiger partial charge in [-0.1, -0.05) is 32.1 Å². The fourth-order valence-corrected chi connectivity index (χ4v) is 4.25. The summed E-state index contributed by atoms with van der Waals surface area (Å²) in [5, 5.41) is 3.31. The third-order valence-corrected chi connectivity index (χ3v) is 5.88. The van der Waals surface area contributed by atoms with Crippen LogP contribution in [-0.2, 0) is 4.79 Å². The molecule has 3 aliphatic rings. The van der Waals surface area contributed by atoms with Crippen LogP contribution in [0.1, 0.15) is 70.6 Å². The van der Waals surface area contributed by atoms with Crippen LogP contribution in [0.15, 0.2) is 0 Å². The molecule has 0 unspecified atom stereocenters. The van der Waals surface area contributed by atoms with Crippen molar-refractivity contribution in [3.63, 3.8) is 0 Å². The summed E-state index contributed by atoms with van der Waals surface area (Å²) in [5.41, 5.74) is 0.290.